The molecule has 1 fully saturated rings. The second-order valence-electron chi connectivity index (χ2n) is 3.46. The van der Waals surface area contributed by atoms with Crippen molar-refractivity contribution in [3.8, 4) is 0 Å². The minimum Gasteiger partial charge on any atom is -0.215 e. The summed E-state index contributed by atoms with van der Waals surface area (Å²) in [5.74, 6) is 0.468. The Morgan fingerprint density at radius 2 is 2.15 bits per heavy atom. The SMILES string of the molecule is CCS(=O)(=O)NCC1CCCC1Cl. The van der Waals surface area contributed by atoms with E-state index in [0.717, 1.165) is 19.3 Å². The molecule has 1 aliphatic carbocycles. The molecule has 0 amide bonds. The third-order valence-corrected chi connectivity index (χ3v) is 4.45. The summed E-state index contributed by atoms with van der Waals surface area (Å²) < 4.78 is 24.8. The van der Waals surface area contributed by atoms with Crippen molar-refractivity contribution >= 4 is 21.6 Å². The zero-order valence-corrected chi connectivity index (χ0v) is 9.37. The Kier molecular flexibility index (Phi) is 4.01. The van der Waals surface area contributed by atoms with Crippen LogP contribution in [0, 0.1) is 5.92 Å². The molecule has 1 saturated carbocycles. The molecule has 1 N–H and O–H groups in total. The maximum atomic E-state index is 11.1. The topological polar surface area (TPSA) is 46.2 Å². The van der Waals surface area contributed by atoms with Gasteiger partial charge < -0.3 is 0 Å². The van der Waals surface area contributed by atoms with E-state index >= 15 is 0 Å². The summed E-state index contributed by atoms with van der Waals surface area (Å²) in [7, 11) is -3.04. The first-order valence-corrected chi connectivity index (χ1v) is 6.75. The molecule has 0 aromatic rings. The number of hydrogen-bond acceptors (Lipinski definition) is 2. The van der Waals surface area contributed by atoms with Crippen LogP contribution in [0.5, 0.6) is 0 Å². The van der Waals surface area contributed by atoms with E-state index in [0.29, 0.717) is 12.5 Å². The quantitative estimate of drug-likeness (QED) is 0.734. The van der Waals surface area contributed by atoms with Crippen LogP contribution in [0.15, 0.2) is 0 Å². The maximum absolute atomic E-state index is 11.1. The average molecular weight is 226 g/mol. The average Bonchev–Trinajstić information content (AvgIpc) is 2.48. The van der Waals surface area contributed by atoms with E-state index in [4.69, 9.17) is 11.6 Å². The van der Waals surface area contributed by atoms with Gasteiger partial charge in [-0.3, -0.25) is 0 Å². The lowest BCUT2D eigenvalue weighted by Crippen LogP contribution is -2.32. The van der Waals surface area contributed by atoms with Gasteiger partial charge >= 0.3 is 0 Å². The molecular weight excluding hydrogens is 210 g/mol. The van der Waals surface area contributed by atoms with Crippen LogP contribution in [0.2, 0.25) is 0 Å². The Bertz CT molecular complexity index is 253. The van der Waals surface area contributed by atoms with Gasteiger partial charge in [-0.15, -0.1) is 11.6 Å². The lowest BCUT2D eigenvalue weighted by atomic mass is 10.1. The van der Waals surface area contributed by atoms with E-state index in [9.17, 15) is 8.42 Å². The van der Waals surface area contributed by atoms with Gasteiger partial charge in [0, 0.05) is 11.9 Å². The molecule has 0 aromatic heterocycles. The van der Waals surface area contributed by atoms with E-state index in [2.05, 4.69) is 4.72 Å². The fourth-order valence-electron chi connectivity index (χ4n) is 1.56. The summed E-state index contributed by atoms with van der Waals surface area (Å²) >= 11 is 6.02. The first kappa shape index (κ1) is 11.3. The number of nitrogens with one attached hydrogen (secondary N) is 1. The molecule has 0 bridgehead atoms. The van der Waals surface area contributed by atoms with E-state index in [-0.39, 0.29) is 11.1 Å². The third kappa shape index (κ3) is 3.44. The molecule has 0 heterocycles. The summed E-state index contributed by atoms with van der Waals surface area (Å²) in [6.07, 6.45) is 3.17. The monoisotopic (exact) mass is 225 g/mol. The molecular formula is C8H16ClNO2S. The summed E-state index contributed by atoms with van der Waals surface area (Å²) in [6.45, 7) is 2.14. The number of hydrogen-bond donors (Lipinski definition) is 1. The molecule has 0 aliphatic heterocycles. The Balaban J connectivity index is 2.34. The Labute approximate surface area is 84.9 Å². The van der Waals surface area contributed by atoms with Crippen molar-refractivity contribution in [3.05, 3.63) is 0 Å². The molecule has 0 radical (unpaired) electrons. The summed E-state index contributed by atoms with van der Waals surface area (Å²) in [5.41, 5.74) is 0. The summed E-state index contributed by atoms with van der Waals surface area (Å²) in [5, 5.41) is 0.152. The van der Waals surface area contributed by atoms with E-state index in [1.807, 2.05) is 0 Å². The van der Waals surface area contributed by atoms with Gasteiger partial charge in [-0.2, -0.15) is 0 Å². The van der Waals surface area contributed by atoms with Gasteiger partial charge in [-0.25, -0.2) is 13.1 Å². The van der Waals surface area contributed by atoms with Gasteiger partial charge in [0.2, 0.25) is 10.0 Å². The standard InChI is InChI=1S/C8H16ClNO2S/c1-2-13(11,12)10-6-7-4-3-5-8(7)9/h7-8,10H,2-6H2,1H3. The molecule has 2 atom stereocenters. The highest BCUT2D eigenvalue weighted by Gasteiger charge is 2.25. The number of sulfonamides is 1. The molecule has 0 spiro atoms. The molecule has 2 unspecified atom stereocenters. The summed E-state index contributed by atoms with van der Waals surface area (Å²) in [4.78, 5) is 0. The Hall–Kier alpha value is 0.200. The van der Waals surface area contributed by atoms with Crippen LogP contribution >= 0.6 is 11.6 Å². The fraction of sp³-hybridized carbons (Fsp3) is 1.00. The van der Waals surface area contributed by atoms with Crippen LogP contribution in [0.1, 0.15) is 26.2 Å². The molecule has 1 rings (SSSR count). The second-order valence-corrected chi connectivity index (χ2v) is 6.11. The van der Waals surface area contributed by atoms with Crippen LogP contribution in [0.4, 0.5) is 0 Å². The minimum absolute atomic E-state index is 0.146. The predicted molar refractivity (Wildman–Crippen MR) is 54.4 cm³/mol. The van der Waals surface area contributed by atoms with Crippen molar-refractivity contribution in [2.75, 3.05) is 12.3 Å². The van der Waals surface area contributed by atoms with Crippen molar-refractivity contribution in [1.29, 1.82) is 0 Å². The number of alkyl halides is 1. The van der Waals surface area contributed by atoms with Crippen LogP contribution in [-0.4, -0.2) is 26.1 Å². The molecule has 78 valence electrons. The van der Waals surface area contributed by atoms with Crippen molar-refractivity contribution in [2.45, 2.75) is 31.6 Å². The normalized spacial score (nSPS) is 29.4. The molecule has 13 heavy (non-hydrogen) atoms. The first-order chi connectivity index (χ1) is 6.05. The van der Waals surface area contributed by atoms with Crippen molar-refractivity contribution < 1.29 is 8.42 Å². The van der Waals surface area contributed by atoms with E-state index in [1.165, 1.54) is 0 Å². The number of rotatable bonds is 4. The van der Waals surface area contributed by atoms with E-state index in [1.54, 1.807) is 6.92 Å². The van der Waals surface area contributed by atoms with Crippen LogP contribution in [-0.2, 0) is 10.0 Å². The van der Waals surface area contributed by atoms with Crippen LogP contribution in [0.25, 0.3) is 0 Å². The molecule has 3 nitrogen and oxygen atoms in total. The molecule has 1 aliphatic rings. The lowest BCUT2D eigenvalue weighted by Gasteiger charge is -2.13. The highest BCUT2D eigenvalue weighted by molar-refractivity contribution is 7.89. The fourth-order valence-corrected chi connectivity index (χ4v) is 2.60. The summed E-state index contributed by atoms with van der Waals surface area (Å²) in [6, 6.07) is 0. The molecule has 0 aromatic carbocycles. The van der Waals surface area contributed by atoms with Gasteiger partial charge in [0.15, 0.2) is 0 Å². The smallest absolute Gasteiger partial charge is 0.211 e. The third-order valence-electron chi connectivity index (χ3n) is 2.51. The van der Waals surface area contributed by atoms with E-state index < -0.39 is 10.0 Å². The molecule has 5 heteroatoms. The first-order valence-electron chi connectivity index (χ1n) is 4.66. The predicted octanol–water partition coefficient (Wildman–Crippen LogP) is 1.33. The Morgan fingerprint density at radius 3 is 2.62 bits per heavy atom. The van der Waals surface area contributed by atoms with Gasteiger partial charge in [-0.1, -0.05) is 6.42 Å². The van der Waals surface area contributed by atoms with Crippen molar-refractivity contribution in [1.82, 2.24) is 4.72 Å². The second kappa shape index (κ2) is 4.62. The van der Waals surface area contributed by atoms with Gasteiger partial charge in [-0.05, 0) is 25.7 Å². The minimum atomic E-state index is -3.04. The van der Waals surface area contributed by atoms with Crippen LogP contribution in [0.3, 0.4) is 0 Å². The van der Waals surface area contributed by atoms with Crippen LogP contribution < -0.4 is 4.72 Å². The van der Waals surface area contributed by atoms with Gasteiger partial charge in [0.25, 0.3) is 0 Å². The van der Waals surface area contributed by atoms with Gasteiger partial charge in [0.1, 0.15) is 0 Å². The number of halogens is 1. The van der Waals surface area contributed by atoms with Crippen molar-refractivity contribution in [2.24, 2.45) is 5.92 Å². The largest absolute Gasteiger partial charge is 0.215 e. The molecule has 0 saturated heterocycles. The highest BCUT2D eigenvalue weighted by Crippen LogP contribution is 2.29. The zero-order chi connectivity index (χ0) is 9.90. The highest BCUT2D eigenvalue weighted by atomic mass is 35.5. The van der Waals surface area contributed by atoms with Gasteiger partial charge in [0.05, 0.1) is 5.75 Å². The lowest BCUT2D eigenvalue weighted by molar-refractivity contribution is 0.524. The maximum Gasteiger partial charge on any atom is 0.211 e. The van der Waals surface area contributed by atoms with Crippen molar-refractivity contribution in [3.63, 3.8) is 0 Å². The Morgan fingerprint density at radius 1 is 1.46 bits per heavy atom. The zero-order valence-electron chi connectivity index (χ0n) is 7.79.